The smallest absolute Gasteiger partial charge is 0.462 e. The summed E-state index contributed by atoms with van der Waals surface area (Å²) in [4.78, 5) is 35.0. The van der Waals surface area contributed by atoms with Crippen molar-refractivity contribution in [2.75, 3.05) is 26.4 Å². The number of hydrogen-bond acceptors (Lipinski definition) is 8. The van der Waals surface area contributed by atoms with Crippen LogP contribution < -0.4 is 5.73 Å². The highest BCUT2D eigenvalue weighted by Crippen LogP contribution is 2.43. The van der Waals surface area contributed by atoms with Crippen LogP contribution in [0.25, 0.3) is 0 Å². The van der Waals surface area contributed by atoms with E-state index in [4.69, 9.17) is 24.3 Å². The predicted molar refractivity (Wildman–Crippen MR) is 289 cm³/mol. The average molecular weight is 985 g/mol. The predicted octanol–water partition coefficient (Wildman–Crippen LogP) is 18.5. The molecule has 0 heterocycles. The average Bonchev–Trinajstić information content (AvgIpc) is 3.33. The lowest BCUT2D eigenvalue weighted by atomic mass is 10.0. The van der Waals surface area contributed by atoms with E-state index in [1.807, 2.05) is 0 Å². The molecule has 0 spiro atoms. The molecule has 0 aliphatic heterocycles. The van der Waals surface area contributed by atoms with Crippen LogP contribution in [0.2, 0.25) is 0 Å². The molecule has 9 nitrogen and oxygen atoms in total. The van der Waals surface area contributed by atoms with Crippen molar-refractivity contribution in [1.29, 1.82) is 0 Å². The van der Waals surface area contributed by atoms with Crippen molar-refractivity contribution in [3.05, 3.63) is 12.2 Å². The summed E-state index contributed by atoms with van der Waals surface area (Å²) in [5, 5.41) is 0. The first-order valence-corrected chi connectivity index (χ1v) is 31.2. The Morgan fingerprint density at radius 2 is 0.721 bits per heavy atom. The number of phosphoric ester groups is 1. The van der Waals surface area contributed by atoms with E-state index < -0.39 is 26.5 Å². The number of carbonyl (C=O) groups excluding carboxylic acids is 2. The van der Waals surface area contributed by atoms with Gasteiger partial charge in [0, 0.05) is 19.4 Å². The first-order chi connectivity index (χ1) is 33.3. The molecule has 68 heavy (non-hydrogen) atoms. The number of ether oxygens (including phenoxy) is 2. The molecule has 2 atom stereocenters. The van der Waals surface area contributed by atoms with E-state index in [1.54, 1.807) is 0 Å². The number of phosphoric acid groups is 1. The van der Waals surface area contributed by atoms with Crippen molar-refractivity contribution >= 4 is 19.8 Å². The molecule has 0 radical (unpaired) electrons. The number of nitrogens with two attached hydrogens (primary N) is 1. The van der Waals surface area contributed by atoms with E-state index in [2.05, 4.69) is 26.0 Å². The summed E-state index contributed by atoms with van der Waals surface area (Å²) in [6.45, 7) is 3.79. The standard InChI is InChI=1S/C58H114NO8P/c1-3-5-7-9-11-13-15-17-18-19-20-21-22-23-24-25-26-27-28-29-30-31-32-33-34-35-36-37-38-39-41-43-45-47-49-51-58(61)67-56(55-66-68(62,63)65-53-52-59)54-64-57(60)50-48-46-44-42-40-16-14-12-10-8-6-4-2/h19-20,56H,3-18,21-55,59H2,1-2H3,(H,62,63)/b20-19-. The maximum atomic E-state index is 12.7. The molecule has 3 N–H and O–H groups in total. The van der Waals surface area contributed by atoms with Gasteiger partial charge < -0.3 is 20.1 Å². The van der Waals surface area contributed by atoms with Gasteiger partial charge in [-0.1, -0.05) is 276 Å². The fraction of sp³-hybridized carbons (Fsp3) is 0.931. The molecule has 0 rings (SSSR count). The number of carbonyl (C=O) groups is 2. The zero-order valence-electron chi connectivity index (χ0n) is 45.1. The van der Waals surface area contributed by atoms with Crippen LogP contribution in [-0.4, -0.2) is 49.3 Å². The summed E-state index contributed by atoms with van der Waals surface area (Å²) < 4.78 is 32.9. The lowest BCUT2D eigenvalue weighted by molar-refractivity contribution is -0.161. The Kier molecular flexibility index (Phi) is 54.1. The zero-order valence-corrected chi connectivity index (χ0v) is 46.0. The minimum absolute atomic E-state index is 0.0576. The summed E-state index contributed by atoms with van der Waals surface area (Å²) in [6, 6.07) is 0. The quantitative estimate of drug-likeness (QED) is 0.0264. The Balaban J connectivity index is 3.75. The normalized spacial score (nSPS) is 13.1. The Bertz CT molecular complexity index is 1120. The molecule has 10 heteroatoms. The molecule has 0 bridgehead atoms. The molecule has 0 fully saturated rings. The number of hydrogen-bond donors (Lipinski definition) is 2. The largest absolute Gasteiger partial charge is 0.472 e. The fourth-order valence-corrected chi connectivity index (χ4v) is 9.75. The van der Waals surface area contributed by atoms with E-state index >= 15 is 0 Å². The number of rotatable bonds is 57. The minimum Gasteiger partial charge on any atom is -0.462 e. The molecule has 2 unspecified atom stereocenters. The highest BCUT2D eigenvalue weighted by atomic mass is 31.2. The van der Waals surface area contributed by atoms with Gasteiger partial charge in [0.2, 0.25) is 0 Å². The molecule has 0 aromatic rings. The number of allylic oxidation sites excluding steroid dienone is 2. The van der Waals surface area contributed by atoms with Crippen LogP contribution in [0.15, 0.2) is 12.2 Å². The van der Waals surface area contributed by atoms with Gasteiger partial charge >= 0.3 is 19.8 Å². The fourth-order valence-electron chi connectivity index (χ4n) is 8.99. The van der Waals surface area contributed by atoms with E-state index in [1.165, 1.54) is 250 Å². The van der Waals surface area contributed by atoms with Gasteiger partial charge in [0.1, 0.15) is 6.61 Å². The van der Waals surface area contributed by atoms with Gasteiger partial charge in [0.05, 0.1) is 13.2 Å². The summed E-state index contributed by atoms with van der Waals surface area (Å²) in [6.07, 6.45) is 63.0. The van der Waals surface area contributed by atoms with Crippen molar-refractivity contribution in [1.82, 2.24) is 0 Å². The van der Waals surface area contributed by atoms with Gasteiger partial charge in [-0.05, 0) is 38.5 Å². The highest BCUT2D eigenvalue weighted by Gasteiger charge is 2.26. The molecule has 0 aliphatic carbocycles. The van der Waals surface area contributed by atoms with E-state index in [9.17, 15) is 19.0 Å². The van der Waals surface area contributed by atoms with Gasteiger partial charge in [-0.2, -0.15) is 0 Å². The van der Waals surface area contributed by atoms with Gasteiger partial charge in [-0.25, -0.2) is 4.57 Å². The summed E-state index contributed by atoms with van der Waals surface area (Å²) >= 11 is 0. The maximum absolute atomic E-state index is 12.7. The Morgan fingerprint density at radius 1 is 0.426 bits per heavy atom. The van der Waals surface area contributed by atoms with Crippen molar-refractivity contribution in [3.8, 4) is 0 Å². The van der Waals surface area contributed by atoms with E-state index in [0.29, 0.717) is 6.42 Å². The first kappa shape index (κ1) is 66.8. The Morgan fingerprint density at radius 3 is 1.04 bits per heavy atom. The molecule has 0 saturated carbocycles. The lowest BCUT2D eigenvalue weighted by Gasteiger charge is -2.19. The monoisotopic (exact) mass is 984 g/mol. The van der Waals surface area contributed by atoms with Crippen molar-refractivity contribution in [2.24, 2.45) is 5.73 Å². The lowest BCUT2D eigenvalue weighted by Crippen LogP contribution is -2.29. The second-order valence-corrected chi connectivity index (χ2v) is 21.7. The van der Waals surface area contributed by atoms with Crippen LogP contribution in [-0.2, 0) is 32.7 Å². The molecule has 0 saturated heterocycles. The van der Waals surface area contributed by atoms with E-state index in [-0.39, 0.29) is 38.6 Å². The van der Waals surface area contributed by atoms with Crippen LogP contribution in [0.4, 0.5) is 0 Å². The maximum Gasteiger partial charge on any atom is 0.472 e. The van der Waals surface area contributed by atoms with Gasteiger partial charge in [0.15, 0.2) is 6.10 Å². The SMILES string of the molecule is CCCCCCCCCC/C=C\CCCCCCCCCCCCCCCCCCCCCCCCCC(=O)OC(COC(=O)CCCCCCCCCCCCCC)COP(=O)(O)OCCN. The summed E-state index contributed by atoms with van der Waals surface area (Å²) in [5.41, 5.74) is 5.37. The number of unbranched alkanes of at least 4 members (excludes halogenated alkanes) is 42. The number of esters is 2. The van der Waals surface area contributed by atoms with Gasteiger partial charge in [0.25, 0.3) is 0 Å². The van der Waals surface area contributed by atoms with E-state index in [0.717, 1.165) is 32.1 Å². The zero-order chi connectivity index (χ0) is 49.5. The Hall–Kier alpha value is -1.25. The van der Waals surface area contributed by atoms with Crippen LogP contribution in [0.3, 0.4) is 0 Å². The highest BCUT2D eigenvalue weighted by molar-refractivity contribution is 7.47. The van der Waals surface area contributed by atoms with Crippen molar-refractivity contribution < 1.29 is 37.6 Å². The molecular weight excluding hydrogens is 870 g/mol. The second-order valence-electron chi connectivity index (χ2n) is 20.2. The summed E-state index contributed by atoms with van der Waals surface area (Å²) in [7, 11) is -4.38. The van der Waals surface area contributed by atoms with Crippen LogP contribution in [0.5, 0.6) is 0 Å². The Labute approximate surface area is 421 Å². The molecular formula is C58H114NO8P. The third-order valence-electron chi connectivity index (χ3n) is 13.4. The van der Waals surface area contributed by atoms with Crippen molar-refractivity contribution in [3.63, 3.8) is 0 Å². The van der Waals surface area contributed by atoms with Crippen LogP contribution in [0, 0.1) is 0 Å². The van der Waals surface area contributed by atoms with Crippen LogP contribution in [0.1, 0.15) is 316 Å². The summed E-state index contributed by atoms with van der Waals surface area (Å²) in [5.74, 6) is -0.809. The topological polar surface area (TPSA) is 134 Å². The van der Waals surface area contributed by atoms with Crippen LogP contribution >= 0.6 is 7.82 Å². The molecule has 0 aliphatic rings. The van der Waals surface area contributed by atoms with Gasteiger partial charge in [-0.3, -0.25) is 18.6 Å². The first-order valence-electron chi connectivity index (χ1n) is 29.7. The molecule has 0 amide bonds. The minimum atomic E-state index is -4.38. The van der Waals surface area contributed by atoms with Gasteiger partial charge in [-0.15, -0.1) is 0 Å². The molecule has 404 valence electrons. The van der Waals surface area contributed by atoms with Crippen molar-refractivity contribution in [2.45, 2.75) is 322 Å². The molecule has 0 aromatic carbocycles. The third kappa shape index (κ3) is 54.1. The molecule has 0 aromatic heterocycles. The third-order valence-corrected chi connectivity index (χ3v) is 14.4. The second kappa shape index (κ2) is 55.1.